The molecule has 0 unspecified atom stereocenters. The standard InChI is InChI=1S/C6H10NO/c1-2-7-5-3-4-6(7)8/h1-5H2. The Kier molecular flexibility index (Phi) is 1.51. The quantitative estimate of drug-likeness (QED) is 0.482. The van der Waals surface area contributed by atoms with E-state index < -0.39 is 0 Å². The predicted molar refractivity (Wildman–Crippen MR) is 31.2 cm³/mol. The zero-order chi connectivity index (χ0) is 5.98. The fourth-order valence-electron chi connectivity index (χ4n) is 0.940. The Morgan fingerprint density at radius 1 is 1.75 bits per heavy atom. The molecule has 0 atom stereocenters. The molecule has 2 nitrogen and oxygen atoms in total. The molecule has 1 saturated heterocycles. The third-order valence-corrected chi connectivity index (χ3v) is 1.44. The van der Waals surface area contributed by atoms with Crippen LogP contribution >= 0.6 is 0 Å². The highest BCUT2D eigenvalue weighted by Crippen LogP contribution is 2.07. The molecule has 1 radical (unpaired) electrons. The molecule has 0 N–H and O–H groups in total. The van der Waals surface area contributed by atoms with Crippen LogP contribution in [0, 0.1) is 6.92 Å². The SMILES string of the molecule is [CH2]CN1CCCC1=O. The van der Waals surface area contributed by atoms with Crippen molar-refractivity contribution >= 4 is 5.91 Å². The van der Waals surface area contributed by atoms with E-state index in [2.05, 4.69) is 6.92 Å². The van der Waals surface area contributed by atoms with Crippen LogP contribution in [0.3, 0.4) is 0 Å². The first-order valence-electron chi connectivity index (χ1n) is 2.91. The van der Waals surface area contributed by atoms with Gasteiger partial charge in [-0.15, -0.1) is 0 Å². The van der Waals surface area contributed by atoms with Crippen LogP contribution in [0.25, 0.3) is 0 Å². The van der Waals surface area contributed by atoms with Gasteiger partial charge >= 0.3 is 0 Å². The van der Waals surface area contributed by atoms with E-state index in [1.165, 1.54) is 0 Å². The zero-order valence-corrected chi connectivity index (χ0v) is 4.89. The number of likely N-dealkylation sites (tertiary alicyclic amines) is 1. The Bertz CT molecular complexity index is 101. The molecule has 0 aliphatic carbocycles. The van der Waals surface area contributed by atoms with Crippen molar-refractivity contribution in [3.05, 3.63) is 6.92 Å². The van der Waals surface area contributed by atoms with Crippen LogP contribution in [0.15, 0.2) is 0 Å². The lowest BCUT2D eigenvalue weighted by atomic mass is 10.4. The van der Waals surface area contributed by atoms with Gasteiger partial charge in [-0.2, -0.15) is 0 Å². The second kappa shape index (κ2) is 2.16. The van der Waals surface area contributed by atoms with Crippen molar-refractivity contribution < 1.29 is 4.79 Å². The van der Waals surface area contributed by atoms with Crippen molar-refractivity contribution in [2.45, 2.75) is 12.8 Å². The molecule has 0 aromatic carbocycles. The Balaban J connectivity index is 2.42. The summed E-state index contributed by atoms with van der Waals surface area (Å²) in [6.07, 6.45) is 1.75. The molecule has 0 spiro atoms. The summed E-state index contributed by atoms with van der Waals surface area (Å²) in [6, 6.07) is 0. The highest BCUT2D eigenvalue weighted by molar-refractivity contribution is 5.78. The molecule has 0 bridgehead atoms. The van der Waals surface area contributed by atoms with Gasteiger partial charge in [0.15, 0.2) is 0 Å². The molecular weight excluding hydrogens is 102 g/mol. The molecule has 1 aliphatic rings. The third-order valence-electron chi connectivity index (χ3n) is 1.44. The zero-order valence-electron chi connectivity index (χ0n) is 4.89. The van der Waals surface area contributed by atoms with Crippen molar-refractivity contribution in [1.82, 2.24) is 4.90 Å². The van der Waals surface area contributed by atoms with E-state index in [4.69, 9.17) is 0 Å². The molecule has 1 rings (SSSR count). The van der Waals surface area contributed by atoms with Crippen molar-refractivity contribution in [2.75, 3.05) is 13.1 Å². The monoisotopic (exact) mass is 112 g/mol. The Labute approximate surface area is 49.5 Å². The fraction of sp³-hybridized carbons (Fsp3) is 0.667. The summed E-state index contributed by atoms with van der Waals surface area (Å²) in [7, 11) is 0. The molecule has 0 aromatic rings. The summed E-state index contributed by atoms with van der Waals surface area (Å²) in [5, 5.41) is 0. The highest BCUT2D eigenvalue weighted by Gasteiger charge is 2.16. The Hall–Kier alpha value is -0.530. The largest absolute Gasteiger partial charge is 0.343 e. The summed E-state index contributed by atoms with van der Waals surface area (Å²) in [5.74, 6) is 0.264. The molecule has 8 heavy (non-hydrogen) atoms. The summed E-state index contributed by atoms with van der Waals surface area (Å²) < 4.78 is 0. The molecule has 0 saturated carbocycles. The van der Waals surface area contributed by atoms with Crippen LogP contribution in [0.1, 0.15) is 12.8 Å². The van der Waals surface area contributed by atoms with E-state index in [1.807, 2.05) is 0 Å². The van der Waals surface area contributed by atoms with E-state index in [9.17, 15) is 4.79 Å². The Morgan fingerprint density at radius 3 is 2.75 bits per heavy atom. The minimum absolute atomic E-state index is 0.264. The van der Waals surface area contributed by atoms with Gasteiger partial charge in [0.05, 0.1) is 0 Å². The van der Waals surface area contributed by atoms with E-state index in [-0.39, 0.29) is 5.91 Å². The topological polar surface area (TPSA) is 20.3 Å². The number of rotatable bonds is 1. The normalized spacial score (nSPS) is 20.1. The van der Waals surface area contributed by atoms with Gasteiger partial charge in [0.1, 0.15) is 0 Å². The summed E-state index contributed by atoms with van der Waals surface area (Å²) in [4.78, 5) is 12.5. The van der Waals surface area contributed by atoms with Gasteiger partial charge in [0.25, 0.3) is 0 Å². The number of carbonyl (C=O) groups excluding carboxylic acids is 1. The molecule has 1 heterocycles. The molecule has 2 heteroatoms. The second-order valence-corrected chi connectivity index (χ2v) is 1.98. The van der Waals surface area contributed by atoms with Gasteiger partial charge in [-0.05, 0) is 13.3 Å². The van der Waals surface area contributed by atoms with Crippen LogP contribution in [-0.2, 0) is 4.79 Å². The van der Waals surface area contributed by atoms with Crippen molar-refractivity contribution in [3.8, 4) is 0 Å². The maximum atomic E-state index is 10.7. The van der Waals surface area contributed by atoms with Crippen molar-refractivity contribution in [1.29, 1.82) is 0 Å². The molecule has 1 fully saturated rings. The van der Waals surface area contributed by atoms with Crippen LogP contribution < -0.4 is 0 Å². The number of carbonyl (C=O) groups is 1. The molecule has 1 aliphatic heterocycles. The maximum absolute atomic E-state index is 10.7. The lowest BCUT2D eigenvalue weighted by Gasteiger charge is -2.09. The first kappa shape index (κ1) is 5.60. The van der Waals surface area contributed by atoms with E-state index in [1.54, 1.807) is 4.90 Å². The summed E-state index contributed by atoms with van der Waals surface area (Å²) >= 11 is 0. The van der Waals surface area contributed by atoms with Crippen LogP contribution in [0.4, 0.5) is 0 Å². The number of nitrogens with zero attached hydrogens (tertiary/aromatic N) is 1. The van der Waals surface area contributed by atoms with Gasteiger partial charge in [-0.3, -0.25) is 4.79 Å². The predicted octanol–water partition coefficient (Wildman–Crippen LogP) is 0.443. The van der Waals surface area contributed by atoms with Gasteiger partial charge in [0, 0.05) is 19.5 Å². The minimum atomic E-state index is 0.264. The van der Waals surface area contributed by atoms with Gasteiger partial charge in [-0.1, -0.05) is 0 Å². The molecular formula is C6H10NO. The van der Waals surface area contributed by atoms with Gasteiger partial charge in [0.2, 0.25) is 5.91 Å². The first-order chi connectivity index (χ1) is 3.84. The molecule has 0 aromatic heterocycles. The number of hydrogen-bond donors (Lipinski definition) is 0. The Morgan fingerprint density at radius 2 is 2.50 bits per heavy atom. The summed E-state index contributed by atoms with van der Waals surface area (Å²) in [5.41, 5.74) is 0. The fourth-order valence-corrected chi connectivity index (χ4v) is 0.940. The van der Waals surface area contributed by atoms with Crippen LogP contribution in [0.5, 0.6) is 0 Å². The van der Waals surface area contributed by atoms with E-state index >= 15 is 0 Å². The molecule has 1 amide bonds. The van der Waals surface area contributed by atoms with E-state index in [0.29, 0.717) is 6.54 Å². The smallest absolute Gasteiger partial charge is 0.222 e. The maximum Gasteiger partial charge on any atom is 0.222 e. The van der Waals surface area contributed by atoms with Gasteiger partial charge in [-0.25, -0.2) is 0 Å². The molecule has 45 valence electrons. The van der Waals surface area contributed by atoms with Crippen molar-refractivity contribution in [3.63, 3.8) is 0 Å². The highest BCUT2D eigenvalue weighted by atomic mass is 16.2. The average Bonchev–Trinajstić information content (AvgIpc) is 2.14. The van der Waals surface area contributed by atoms with Crippen molar-refractivity contribution in [2.24, 2.45) is 0 Å². The van der Waals surface area contributed by atoms with E-state index in [0.717, 1.165) is 19.4 Å². The van der Waals surface area contributed by atoms with Gasteiger partial charge < -0.3 is 4.90 Å². The lowest BCUT2D eigenvalue weighted by molar-refractivity contribution is -0.127. The third kappa shape index (κ3) is 0.831. The number of amides is 1. The first-order valence-corrected chi connectivity index (χ1v) is 2.91. The minimum Gasteiger partial charge on any atom is -0.343 e. The number of hydrogen-bond acceptors (Lipinski definition) is 1. The van der Waals surface area contributed by atoms with Crippen LogP contribution in [-0.4, -0.2) is 23.9 Å². The second-order valence-electron chi connectivity index (χ2n) is 1.98. The summed E-state index contributed by atoms with van der Waals surface area (Å²) in [6.45, 7) is 5.18. The lowest BCUT2D eigenvalue weighted by Crippen LogP contribution is -2.23. The average molecular weight is 112 g/mol. The van der Waals surface area contributed by atoms with Crippen LogP contribution in [0.2, 0.25) is 0 Å².